The summed E-state index contributed by atoms with van der Waals surface area (Å²) in [4.78, 5) is 66.0. The zero-order chi connectivity index (χ0) is 85.3. The van der Waals surface area contributed by atoms with Gasteiger partial charge in [0.05, 0.1) is 101 Å². The van der Waals surface area contributed by atoms with Gasteiger partial charge in [-0.1, -0.05) is 35.3 Å². The van der Waals surface area contributed by atoms with E-state index in [-0.39, 0.29) is 90.0 Å². The van der Waals surface area contributed by atoms with Crippen LogP contribution in [0.1, 0.15) is 117 Å². The second-order valence-corrected chi connectivity index (χ2v) is 32.8. The standard InChI is InChI=1S/2C36H26ClF9N8O4S/c2*1-52-29-23(7-6-20(37)27(29)32(50-52)51-59(2,57)58)54-33(48-21-5-3-4-18(36(44,45)46)26(21)34(54)56)22(10-14-8-15(38)11-16(39)9-14)47-24(55)13-53-30-25(28(49-53)31(40)41)17-12-19(17)35(30,42)43/h2*3-9,11,17,19,22,31H,10,12-13H2,1-2H3,(H,47,55)(H,50,51)/t17-,19+,22?;17-,19+,22-/m00/s1. The molecule has 12 aromatic rings. The highest BCUT2D eigenvalue weighted by Crippen LogP contribution is 2.69. The summed E-state index contributed by atoms with van der Waals surface area (Å²) in [5, 5.41) is 18.0. The Morgan fingerprint density at radius 1 is 0.525 bits per heavy atom. The second-order valence-electron chi connectivity index (χ2n) is 28.4. The second kappa shape index (κ2) is 28.8. The summed E-state index contributed by atoms with van der Waals surface area (Å²) < 4.78 is 320. The lowest BCUT2D eigenvalue weighted by molar-refractivity contribution is -0.137. The number of benzene rings is 6. The van der Waals surface area contributed by atoms with Gasteiger partial charge in [-0.3, -0.25) is 56.5 Å². The van der Waals surface area contributed by atoms with Crippen LogP contribution in [0.5, 0.6) is 0 Å². The van der Waals surface area contributed by atoms with Crippen LogP contribution in [-0.4, -0.2) is 99.4 Å². The summed E-state index contributed by atoms with van der Waals surface area (Å²) in [6.07, 6.45) is -16.6. The molecule has 2 saturated carbocycles. The SMILES string of the molecule is Cn1nc(NS(C)(=O)=O)c2c(Cl)ccc(-n3c(C(Cc4cc(F)cc(F)c4)NC(=O)Cn4nc(C(F)F)c5c4C(F)(F)[C@@H]4C[C@H]54)nc4cccc(C(F)(F)F)c4c3=O)c21.Cn1nc(NS(C)(=O)=O)c2c(Cl)ccc(-n3c([C@H](Cc4cc(F)cc(F)c4)NC(=O)Cn4nc(C(F)F)c5c4C(F)(F)[C@@H]4C[C@H]54)nc4cccc(C(F)(F)F)c4c3=O)c21. The average molecular weight is 1750 g/mol. The third-order valence-corrected chi connectivity index (χ3v) is 22.0. The molecule has 6 heterocycles. The van der Waals surface area contributed by atoms with Crippen LogP contribution >= 0.6 is 23.2 Å². The molecule has 4 N–H and O–H groups in total. The number of alkyl halides is 14. The van der Waals surface area contributed by atoms with Crippen molar-refractivity contribution in [2.45, 2.75) is 99.7 Å². The van der Waals surface area contributed by atoms with Crippen molar-refractivity contribution in [1.82, 2.24) is 68.9 Å². The van der Waals surface area contributed by atoms with E-state index in [0.717, 1.165) is 82.5 Å². The van der Waals surface area contributed by atoms with Gasteiger partial charge in [0, 0.05) is 62.0 Å². The van der Waals surface area contributed by atoms with E-state index in [0.29, 0.717) is 42.8 Å². The molecular formula is C72H52Cl2F18N16O8S2. The Kier molecular flexibility index (Phi) is 20.0. The zero-order valence-electron chi connectivity index (χ0n) is 60.1. The molecule has 0 bridgehead atoms. The Bertz CT molecular complexity index is 6220. The maximum atomic E-state index is 15.4. The first-order valence-electron chi connectivity index (χ1n) is 34.6. The topological polar surface area (TPSA) is 292 Å². The monoisotopic (exact) mass is 1740 g/mol. The van der Waals surface area contributed by atoms with E-state index in [2.05, 4.69) is 50.4 Å². The number of carbonyl (C=O) groups excluding carboxylic acids is 2. The van der Waals surface area contributed by atoms with Crippen molar-refractivity contribution in [2.75, 3.05) is 22.0 Å². The van der Waals surface area contributed by atoms with Gasteiger partial charge in [-0.25, -0.2) is 61.9 Å². The van der Waals surface area contributed by atoms with Gasteiger partial charge >= 0.3 is 12.4 Å². The molecule has 46 heteroatoms. The Hall–Kier alpha value is -11.3. The van der Waals surface area contributed by atoms with Crippen molar-refractivity contribution in [2.24, 2.45) is 25.9 Å². The molecule has 0 aliphatic heterocycles. The Morgan fingerprint density at radius 2 is 0.873 bits per heavy atom. The molecule has 0 radical (unpaired) electrons. The molecule has 1 unspecified atom stereocenters. The number of rotatable bonds is 20. The number of anilines is 2. The molecule has 6 aromatic heterocycles. The molecule has 118 heavy (non-hydrogen) atoms. The molecule has 0 spiro atoms. The number of aryl methyl sites for hydroxylation is 2. The lowest BCUT2D eigenvalue weighted by Crippen LogP contribution is -2.38. The normalized spacial score (nSPS) is 17.7. The van der Waals surface area contributed by atoms with Gasteiger partial charge < -0.3 is 10.6 Å². The van der Waals surface area contributed by atoms with Crippen LogP contribution in [0.25, 0.3) is 55.0 Å². The largest absolute Gasteiger partial charge is 0.417 e. The highest BCUT2D eigenvalue weighted by molar-refractivity contribution is 7.92. The number of sulfonamides is 2. The molecule has 2 amide bonds. The minimum absolute atomic E-state index is 0.0640. The number of aromatic nitrogens is 12. The average Bonchev–Trinajstić information content (AvgIpc) is 1.52. The predicted molar refractivity (Wildman–Crippen MR) is 386 cm³/mol. The van der Waals surface area contributed by atoms with Crippen LogP contribution in [0, 0.1) is 35.1 Å². The number of hydrogen-bond acceptors (Lipinski definition) is 14. The molecule has 4 aliphatic carbocycles. The molecule has 24 nitrogen and oxygen atoms in total. The van der Waals surface area contributed by atoms with Gasteiger partial charge in [-0.2, -0.15) is 64.3 Å². The number of carbonyl (C=O) groups is 2. The first kappa shape index (κ1) is 81.8. The fourth-order valence-electron chi connectivity index (χ4n) is 15.7. The molecule has 0 saturated heterocycles. The van der Waals surface area contributed by atoms with Crippen molar-refractivity contribution < 1.29 is 105 Å². The molecular weight excluding hydrogens is 1690 g/mol. The van der Waals surface area contributed by atoms with Gasteiger partial charge in [-0.15, -0.1) is 0 Å². The van der Waals surface area contributed by atoms with Crippen LogP contribution in [0.2, 0.25) is 10.0 Å². The molecule has 6 atom stereocenters. The smallest absolute Gasteiger partial charge is 0.344 e. The summed E-state index contributed by atoms with van der Waals surface area (Å²) in [5.41, 5.74) is -12.4. The molecule has 620 valence electrons. The van der Waals surface area contributed by atoms with Crippen LogP contribution in [0.4, 0.5) is 90.7 Å². The fourth-order valence-corrected chi connectivity index (χ4v) is 17.2. The van der Waals surface area contributed by atoms with E-state index in [9.17, 15) is 97.5 Å². The lowest BCUT2D eigenvalue weighted by atomic mass is 10.0. The Balaban J connectivity index is 0.000000185. The number of nitrogens with zero attached hydrogens (tertiary/aromatic N) is 12. The predicted octanol–water partition coefficient (Wildman–Crippen LogP) is 14.1. The number of hydrogen-bond donors (Lipinski definition) is 4. The van der Waals surface area contributed by atoms with E-state index < -0.39 is 232 Å². The van der Waals surface area contributed by atoms with Gasteiger partial charge in [0.25, 0.3) is 35.8 Å². The van der Waals surface area contributed by atoms with Crippen molar-refractivity contribution in [3.05, 3.63) is 219 Å². The maximum absolute atomic E-state index is 15.4. The van der Waals surface area contributed by atoms with Crippen molar-refractivity contribution in [3.8, 4) is 11.4 Å². The van der Waals surface area contributed by atoms with E-state index in [1.165, 1.54) is 26.2 Å². The van der Waals surface area contributed by atoms with E-state index >= 15 is 17.6 Å². The number of fused-ring (bicyclic) bond motifs is 10. The van der Waals surface area contributed by atoms with E-state index in [4.69, 9.17) is 23.2 Å². The van der Waals surface area contributed by atoms with E-state index in [1.807, 2.05) is 0 Å². The lowest BCUT2D eigenvalue weighted by Gasteiger charge is -2.24. The summed E-state index contributed by atoms with van der Waals surface area (Å²) in [7, 11) is -5.46. The van der Waals surface area contributed by atoms with E-state index in [1.54, 1.807) is 0 Å². The third-order valence-electron chi connectivity index (χ3n) is 20.3. The third kappa shape index (κ3) is 14.7. The van der Waals surface area contributed by atoms with Gasteiger partial charge in [0.2, 0.25) is 31.9 Å². The summed E-state index contributed by atoms with van der Waals surface area (Å²) >= 11 is 13.0. The molecule has 6 aromatic carbocycles. The van der Waals surface area contributed by atoms with Crippen molar-refractivity contribution >= 4 is 110 Å². The van der Waals surface area contributed by atoms with Crippen molar-refractivity contribution in [1.29, 1.82) is 0 Å². The van der Waals surface area contributed by atoms with Crippen LogP contribution < -0.4 is 31.2 Å². The number of amides is 2. The first-order valence-corrected chi connectivity index (χ1v) is 39.2. The first-order chi connectivity index (χ1) is 55.1. The fraction of sp³-hybridized carbons (Fsp3) is 0.306. The van der Waals surface area contributed by atoms with Gasteiger partial charge in [-0.05, 0) is 109 Å². The summed E-state index contributed by atoms with van der Waals surface area (Å²) in [6.45, 7) is -2.22. The van der Waals surface area contributed by atoms with Gasteiger partial charge in [0.15, 0.2) is 11.6 Å². The minimum Gasteiger partial charge on any atom is -0.344 e. The summed E-state index contributed by atoms with van der Waals surface area (Å²) in [6, 6.07) is 10.9. The quantitative estimate of drug-likeness (QED) is 0.0516. The summed E-state index contributed by atoms with van der Waals surface area (Å²) in [5.74, 6) is -20.2. The highest BCUT2D eigenvalue weighted by atomic mass is 35.5. The van der Waals surface area contributed by atoms with Crippen molar-refractivity contribution in [3.63, 3.8) is 0 Å². The maximum Gasteiger partial charge on any atom is 0.417 e. The highest BCUT2D eigenvalue weighted by Gasteiger charge is 2.68. The Morgan fingerprint density at radius 3 is 1.19 bits per heavy atom. The molecule has 16 rings (SSSR count). The molecule has 2 fully saturated rings. The van der Waals surface area contributed by atoms with Crippen LogP contribution in [0.3, 0.4) is 0 Å². The van der Waals surface area contributed by atoms with Crippen LogP contribution in [-0.2, 0) is 93.9 Å². The number of nitrogens with one attached hydrogen (secondary N) is 4. The zero-order valence-corrected chi connectivity index (χ0v) is 63.3. The number of halogens is 20. The van der Waals surface area contributed by atoms with Gasteiger partial charge in [0.1, 0.15) is 70.8 Å². The van der Waals surface area contributed by atoms with Crippen LogP contribution in [0.15, 0.2) is 107 Å². The minimum atomic E-state index is -5.12. The Labute approximate surface area is 659 Å². The molecule has 4 aliphatic rings.